The summed E-state index contributed by atoms with van der Waals surface area (Å²) in [6, 6.07) is 3.81. The summed E-state index contributed by atoms with van der Waals surface area (Å²) >= 11 is 8.43. The smallest absolute Gasteiger partial charge is 0.210 e. The molecule has 0 aliphatic heterocycles. The largest absolute Gasteiger partial charge is 0.379 e. The van der Waals surface area contributed by atoms with E-state index < -0.39 is 0 Å². The van der Waals surface area contributed by atoms with E-state index in [0.717, 1.165) is 24.8 Å². The average molecular weight is 415 g/mol. The van der Waals surface area contributed by atoms with Crippen LogP contribution in [0.1, 0.15) is 4.88 Å². The molecule has 5 nitrogen and oxygen atoms in total. The number of anilines is 1. The molecule has 3 heterocycles. The van der Waals surface area contributed by atoms with Gasteiger partial charge in [0.05, 0.1) is 16.7 Å². The number of halogens is 2. The van der Waals surface area contributed by atoms with Gasteiger partial charge in [0.2, 0.25) is 5.13 Å². The number of hydrogen-bond donors (Lipinski definition) is 1. The number of nitrogens with one attached hydrogen (secondary N) is 1. The highest BCUT2D eigenvalue weighted by atomic mass is 79.9. The molecular formula is C12H9Br2N5S. The predicted molar refractivity (Wildman–Crippen MR) is 86.2 cm³/mol. The minimum atomic E-state index is 0.702. The third-order valence-corrected chi connectivity index (χ3v) is 4.57. The van der Waals surface area contributed by atoms with Crippen LogP contribution in [0.5, 0.6) is 0 Å². The lowest BCUT2D eigenvalue weighted by molar-refractivity contribution is 0.869. The van der Waals surface area contributed by atoms with Crippen molar-refractivity contribution in [2.24, 2.45) is 0 Å². The van der Waals surface area contributed by atoms with Gasteiger partial charge in [0.1, 0.15) is 4.60 Å². The van der Waals surface area contributed by atoms with Gasteiger partial charge in [0.25, 0.3) is 0 Å². The summed E-state index contributed by atoms with van der Waals surface area (Å²) in [5.74, 6) is 0. The van der Waals surface area contributed by atoms with Crippen LogP contribution >= 0.6 is 43.2 Å². The van der Waals surface area contributed by atoms with Crippen molar-refractivity contribution in [3.63, 3.8) is 0 Å². The first kappa shape index (κ1) is 13.7. The molecule has 8 heteroatoms. The summed E-state index contributed by atoms with van der Waals surface area (Å²) < 4.78 is 3.48. The Morgan fingerprint density at radius 2 is 2.15 bits per heavy atom. The van der Waals surface area contributed by atoms with E-state index in [0.29, 0.717) is 6.54 Å². The van der Waals surface area contributed by atoms with Gasteiger partial charge in [-0.05, 0) is 44.0 Å². The first-order chi connectivity index (χ1) is 9.72. The van der Waals surface area contributed by atoms with Crippen molar-refractivity contribution < 1.29 is 0 Å². The average Bonchev–Trinajstić information content (AvgIpc) is 3.09. The van der Waals surface area contributed by atoms with Gasteiger partial charge in [-0.15, -0.1) is 0 Å². The maximum absolute atomic E-state index is 4.36. The van der Waals surface area contributed by atoms with Crippen molar-refractivity contribution in [1.82, 2.24) is 19.7 Å². The highest BCUT2D eigenvalue weighted by Crippen LogP contribution is 2.25. The molecule has 0 unspecified atom stereocenters. The summed E-state index contributed by atoms with van der Waals surface area (Å²) in [7, 11) is 0. The number of nitrogens with zero attached hydrogens (tertiary/aromatic N) is 4. The molecule has 0 amide bonds. The maximum atomic E-state index is 4.36. The summed E-state index contributed by atoms with van der Waals surface area (Å²) in [4.78, 5) is 9.63. The lowest BCUT2D eigenvalue weighted by atomic mass is 10.4. The van der Waals surface area contributed by atoms with E-state index in [-0.39, 0.29) is 0 Å². The molecule has 0 saturated carbocycles. The fourth-order valence-corrected chi connectivity index (χ4v) is 3.08. The molecule has 102 valence electrons. The number of pyridine rings is 1. The van der Waals surface area contributed by atoms with Crippen LogP contribution in [0.25, 0.3) is 5.13 Å². The second-order valence-electron chi connectivity index (χ2n) is 3.90. The molecule has 0 fully saturated rings. The van der Waals surface area contributed by atoms with Gasteiger partial charge >= 0.3 is 0 Å². The van der Waals surface area contributed by atoms with E-state index in [9.17, 15) is 0 Å². The zero-order chi connectivity index (χ0) is 13.9. The van der Waals surface area contributed by atoms with Crippen molar-refractivity contribution >= 4 is 48.9 Å². The molecule has 0 aromatic carbocycles. The molecule has 0 radical (unpaired) electrons. The van der Waals surface area contributed by atoms with Gasteiger partial charge < -0.3 is 5.32 Å². The number of thiazole rings is 1. The van der Waals surface area contributed by atoms with Gasteiger partial charge in [-0.2, -0.15) is 5.10 Å². The zero-order valence-corrected chi connectivity index (χ0v) is 14.1. The molecule has 3 aromatic rings. The highest BCUT2D eigenvalue weighted by molar-refractivity contribution is 9.11. The topological polar surface area (TPSA) is 55.6 Å². The van der Waals surface area contributed by atoms with Crippen LogP contribution in [-0.4, -0.2) is 19.7 Å². The van der Waals surface area contributed by atoms with Gasteiger partial charge in [-0.3, -0.25) is 0 Å². The maximum Gasteiger partial charge on any atom is 0.210 e. The Kier molecular flexibility index (Phi) is 4.13. The minimum absolute atomic E-state index is 0.702. The Hall–Kier alpha value is -1.25. The van der Waals surface area contributed by atoms with Crippen molar-refractivity contribution in [1.29, 1.82) is 0 Å². The van der Waals surface area contributed by atoms with E-state index in [1.54, 1.807) is 28.4 Å². The summed E-state index contributed by atoms with van der Waals surface area (Å²) in [6.45, 7) is 0.702. The van der Waals surface area contributed by atoms with E-state index in [1.807, 2.05) is 24.5 Å². The van der Waals surface area contributed by atoms with Crippen LogP contribution < -0.4 is 5.32 Å². The Morgan fingerprint density at radius 1 is 1.25 bits per heavy atom. The molecule has 0 spiro atoms. The molecule has 0 bridgehead atoms. The summed E-state index contributed by atoms with van der Waals surface area (Å²) in [5, 5.41) is 8.38. The van der Waals surface area contributed by atoms with Crippen LogP contribution in [0, 0.1) is 0 Å². The van der Waals surface area contributed by atoms with Crippen LogP contribution in [0.4, 0.5) is 5.69 Å². The molecule has 0 aliphatic rings. The minimum Gasteiger partial charge on any atom is -0.379 e. The van der Waals surface area contributed by atoms with E-state index in [2.05, 4.69) is 52.2 Å². The third-order valence-electron chi connectivity index (χ3n) is 2.52. The quantitative estimate of drug-likeness (QED) is 0.658. The fourth-order valence-electron chi connectivity index (χ4n) is 1.60. The van der Waals surface area contributed by atoms with Crippen molar-refractivity contribution in [3.05, 3.63) is 50.9 Å². The molecule has 0 aliphatic carbocycles. The predicted octanol–water partition coefficient (Wildman–Crippen LogP) is 3.86. The third kappa shape index (κ3) is 3.08. The van der Waals surface area contributed by atoms with Crippen molar-refractivity contribution in [2.75, 3.05) is 5.32 Å². The number of rotatable bonds is 4. The Labute approximate surface area is 136 Å². The van der Waals surface area contributed by atoms with E-state index in [4.69, 9.17) is 0 Å². The molecule has 20 heavy (non-hydrogen) atoms. The first-order valence-corrected chi connectivity index (χ1v) is 8.12. The highest BCUT2D eigenvalue weighted by Gasteiger charge is 2.06. The van der Waals surface area contributed by atoms with Gasteiger partial charge in [0, 0.05) is 29.7 Å². The standard InChI is InChI=1S/C12H9Br2N5S/c13-9-7-16-11(14)4-10(9)15-5-8-6-17-12(20-8)19-3-1-2-18-19/h1-4,6-7H,5H2,(H,15,16). The Balaban J connectivity index is 1.71. The van der Waals surface area contributed by atoms with E-state index in [1.165, 1.54) is 0 Å². The van der Waals surface area contributed by atoms with Crippen molar-refractivity contribution in [2.45, 2.75) is 6.54 Å². The molecule has 0 atom stereocenters. The zero-order valence-electron chi connectivity index (χ0n) is 10.1. The van der Waals surface area contributed by atoms with Crippen LogP contribution in [0.2, 0.25) is 0 Å². The number of hydrogen-bond acceptors (Lipinski definition) is 5. The SMILES string of the molecule is Brc1cc(NCc2cnc(-n3cccn3)s2)c(Br)cn1. The second-order valence-corrected chi connectivity index (χ2v) is 6.66. The monoisotopic (exact) mass is 413 g/mol. The molecular weight excluding hydrogens is 406 g/mol. The second kappa shape index (κ2) is 6.02. The molecule has 3 aromatic heterocycles. The molecule has 0 saturated heterocycles. The first-order valence-electron chi connectivity index (χ1n) is 5.72. The molecule has 3 rings (SSSR count). The fraction of sp³-hybridized carbons (Fsp3) is 0.0833. The number of aromatic nitrogens is 4. The summed E-state index contributed by atoms with van der Waals surface area (Å²) in [6.07, 6.45) is 7.24. The van der Waals surface area contributed by atoms with Crippen molar-refractivity contribution in [3.8, 4) is 5.13 Å². The lowest BCUT2D eigenvalue weighted by Crippen LogP contribution is -1.98. The molecule has 1 N–H and O–H groups in total. The Bertz CT molecular complexity index is 710. The van der Waals surface area contributed by atoms with Gasteiger partial charge in [-0.25, -0.2) is 14.6 Å². The van der Waals surface area contributed by atoms with E-state index >= 15 is 0 Å². The lowest BCUT2D eigenvalue weighted by Gasteiger charge is -2.06. The Morgan fingerprint density at radius 3 is 2.95 bits per heavy atom. The van der Waals surface area contributed by atoms with Crippen LogP contribution in [0.15, 0.2) is 46.0 Å². The van der Waals surface area contributed by atoms with Gasteiger partial charge in [-0.1, -0.05) is 11.3 Å². The normalized spacial score (nSPS) is 10.7. The van der Waals surface area contributed by atoms with Gasteiger partial charge in [0.15, 0.2) is 0 Å². The summed E-state index contributed by atoms with van der Waals surface area (Å²) in [5.41, 5.74) is 0.987. The van der Waals surface area contributed by atoms with Crippen LogP contribution in [-0.2, 0) is 6.54 Å². The van der Waals surface area contributed by atoms with Crippen LogP contribution in [0.3, 0.4) is 0 Å².